The number of nitrogens with zero attached hydrogens (tertiary/aromatic N) is 1. The minimum Gasteiger partial charge on any atom is -0.497 e. The van der Waals surface area contributed by atoms with Crippen molar-refractivity contribution in [2.75, 3.05) is 19.5 Å². The van der Waals surface area contributed by atoms with E-state index >= 15 is 0 Å². The molecule has 0 unspecified atom stereocenters. The predicted molar refractivity (Wildman–Crippen MR) is 117 cm³/mol. The highest BCUT2D eigenvalue weighted by Gasteiger charge is 2.27. The molecule has 0 spiro atoms. The first-order valence-corrected chi connectivity index (χ1v) is 10.6. The number of Topliss-reactive ketones (excluding diaryl/α,β-unsaturated/α-hetero) is 1. The number of aromatic nitrogens is 1. The number of amides is 1. The Morgan fingerprint density at radius 2 is 1.97 bits per heavy atom. The van der Waals surface area contributed by atoms with Crippen LogP contribution < -0.4 is 14.8 Å². The van der Waals surface area contributed by atoms with Gasteiger partial charge in [-0.3, -0.25) is 4.79 Å². The number of nitrogens with one attached hydrogen (secondary N) is 1. The number of hydrogen-bond acceptors (Lipinski definition) is 5. The smallest absolute Gasteiger partial charge is 0.228 e. The van der Waals surface area contributed by atoms with E-state index in [-0.39, 0.29) is 23.2 Å². The molecule has 1 amide bonds. The van der Waals surface area contributed by atoms with E-state index < -0.39 is 5.82 Å². The van der Waals surface area contributed by atoms with Crippen molar-refractivity contribution in [1.82, 2.24) is 4.98 Å². The molecule has 0 aliphatic heterocycles. The molecule has 31 heavy (non-hydrogen) atoms. The van der Waals surface area contributed by atoms with Crippen molar-refractivity contribution >= 4 is 17.5 Å². The van der Waals surface area contributed by atoms with Gasteiger partial charge in [0.15, 0.2) is 0 Å². The molecular formula is C24H29FN2O4. The van der Waals surface area contributed by atoms with E-state index in [4.69, 9.17) is 9.47 Å². The zero-order chi connectivity index (χ0) is 22.4. The van der Waals surface area contributed by atoms with E-state index in [1.54, 1.807) is 32.2 Å². The summed E-state index contributed by atoms with van der Waals surface area (Å²) in [6.45, 7) is 1.60. The molecule has 1 saturated carbocycles. The first-order valence-electron chi connectivity index (χ1n) is 10.6. The summed E-state index contributed by atoms with van der Waals surface area (Å²) in [5, 5.41) is 2.85. The second-order valence-electron chi connectivity index (χ2n) is 8.08. The van der Waals surface area contributed by atoms with Gasteiger partial charge in [0.25, 0.3) is 0 Å². The van der Waals surface area contributed by atoms with Crippen LogP contribution in [-0.4, -0.2) is 30.9 Å². The van der Waals surface area contributed by atoms with Gasteiger partial charge < -0.3 is 19.6 Å². The number of rotatable bonds is 8. The summed E-state index contributed by atoms with van der Waals surface area (Å²) in [4.78, 5) is 28.2. The molecule has 1 aliphatic carbocycles. The fourth-order valence-electron chi connectivity index (χ4n) is 4.16. The van der Waals surface area contributed by atoms with Crippen LogP contribution in [0.15, 0.2) is 30.5 Å². The maximum atomic E-state index is 14.6. The molecular weight excluding hydrogens is 399 g/mol. The summed E-state index contributed by atoms with van der Waals surface area (Å²) in [7, 11) is 3.05. The highest BCUT2D eigenvalue weighted by atomic mass is 19.1. The van der Waals surface area contributed by atoms with Crippen LogP contribution in [0.25, 0.3) is 11.1 Å². The maximum absolute atomic E-state index is 14.6. The number of halogens is 1. The number of hydrogen-bond donors (Lipinski definition) is 1. The summed E-state index contributed by atoms with van der Waals surface area (Å²) >= 11 is 0. The van der Waals surface area contributed by atoms with E-state index in [0.29, 0.717) is 35.2 Å². The van der Waals surface area contributed by atoms with Crippen LogP contribution in [0.5, 0.6) is 11.5 Å². The molecule has 2 atom stereocenters. The normalized spacial score (nSPS) is 18.3. The molecule has 1 heterocycles. The van der Waals surface area contributed by atoms with Crippen molar-refractivity contribution in [2.24, 2.45) is 11.8 Å². The minimum absolute atomic E-state index is 0.112. The molecule has 0 saturated heterocycles. The number of pyridine rings is 1. The molecule has 3 rings (SSSR count). The van der Waals surface area contributed by atoms with E-state index in [9.17, 15) is 14.0 Å². The monoisotopic (exact) mass is 428 g/mol. The fraction of sp³-hybridized carbons (Fsp3) is 0.458. The lowest BCUT2D eigenvalue weighted by molar-refractivity contribution is -0.121. The Kier molecular flexibility index (Phi) is 7.60. The molecule has 7 heteroatoms. The Morgan fingerprint density at radius 3 is 2.68 bits per heavy atom. The molecule has 0 radical (unpaired) electrons. The van der Waals surface area contributed by atoms with Gasteiger partial charge >= 0.3 is 0 Å². The zero-order valence-electron chi connectivity index (χ0n) is 18.2. The van der Waals surface area contributed by atoms with Gasteiger partial charge in [-0.2, -0.15) is 0 Å². The van der Waals surface area contributed by atoms with Gasteiger partial charge in [-0.1, -0.05) is 12.8 Å². The zero-order valence-corrected chi connectivity index (χ0v) is 18.2. The average molecular weight is 429 g/mol. The van der Waals surface area contributed by atoms with Crippen LogP contribution >= 0.6 is 0 Å². The second kappa shape index (κ2) is 10.4. The van der Waals surface area contributed by atoms with Crippen LogP contribution in [-0.2, 0) is 9.59 Å². The maximum Gasteiger partial charge on any atom is 0.228 e. The Balaban J connectivity index is 1.75. The van der Waals surface area contributed by atoms with Crippen LogP contribution in [0.3, 0.4) is 0 Å². The van der Waals surface area contributed by atoms with Gasteiger partial charge in [0.05, 0.1) is 20.4 Å². The number of carbonyl (C=O) groups excluding carboxylic acids is 2. The highest BCUT2D eigenvalue weighted by Crippen LogP contribution is 2.36. The third kappa shape index (κ3) is 5.81. The van der Waals surface area contributed by atoms with Gasteiger partial charge in [-0.15, -0.1) is 0 Å². The Hall–Kier alpha value is -2.96. The lowest BCUT2D eigenvalue weighted by Crippen LogP contribution is -2.28. The second-order valence-corrected chi connectivity index (χ2v) is 8.08. The van der Waals surface area contributed by atoms with Crippen molar-refractivity contribution in [3.63, 3.8) is 0 Å². The Bertz CT molecular complexity index is 947. The van der Waals surface area contributed by atoms with Gasteiger partial charge in [0, 0.05) is 29.5 Å². The van der Waals surface area contributed by atoms with E-state index in [0.717, 1.165) is 38.3 Å². The quantitative estimate of drug-likeness (QED) is 0.639. The molecule has 2 aromatic rings. The molecule has 1 aliphatic rings. The SMILES string of the molecule is COc1ccc(-c2cc(NC(=O)[C@H]3CCC[C@@H](CCC(C)=O)C3)ncc2F)c(OC)c1. The van der Waals surface area contributed by atoms with Crippen LogP contribution in [0.1, 0.15) is 45.4 Å². The summed E-state index contributed by atoms with van der Waals surface area (Å²) in [6.07, 6.45) is 6.08. The Labute approximate surface area is 182 Å². The molecule has 6 nitrogen and oxygen atoms in total. The lowest BCUT2D eigenvalue weighted by Gasteiger charge is -2.28. The van der Waals surface area contributed by atoms with Gasteiger partial charge in [-0.05, 0) is 50.3 Å². The van der Waals surface area contributed by atoms with E-state index in [1.807, 2.05) is 0 Å². The molecule has 1 aromatic heterocycles. The van der Waals surface area contributed by atoms with Crippen LogP contribution in [0, 0.1) is 17.7 Å². The summed E-state index contributed by atoms with van der Waals surface area (Å²) in [6, 6.07) is 6.63. The topological polar surface area (TPSA) is 77.5 Å². The minimum atomic E-state index is -0.511. The number of carbonyl (C=O) groups is 2. The summed E-state index contributed by atoms with van der Waals surface area (Å²) in [5.41, 5.74) is 0.827. The van der Waals surface area contributed by atoms with Crippen LogP contribution in [0.4, 0.5) is 10.2 Å². The summed E-state index contributed by atoms with van der Waals surface area (Å²) in [5.74, 6) is 1.17. The van der Waals surface area contributed by atoms with E-state index in [1.165, 1.54) is 13.2 Å². The molecule has 1 fully saturated rings. The number of anilines is 1. The number of ether oxygens (including phenoxy) is 2. The van der Waals surface area contributed by atoms with Crippen molar-refractivity contribution in [1.29, 1.82) is 0 Å². The van der Waals surface area contributed by atoms with Crippen LogP contribution in [0.2, 0.25) is 0 Å². The Morgan fingerprint density at radius 1 is 1.16 bits per heavy atom. The lowest BCUT2D eigenvalue weighted by atomic mass is 9.78. The van der Waals surface area contributed by atoms with Gasteiger partial charge in [0.1, 0.15) is 28.9 Å². The van der Waals surface area contributed by atoms with Crippen molar-refractivity contribution in [3.05, 3.63) is 36.3 Å². The van der Waals surface area contributed by atoms with Crippen molar-refractivity contribution < 1.29 is 23.5 Å². The van der Waals surface area contributed by atoms with Gasteiger partial charge in [-0.25, -0.2) is 9.37 Å². The molecule has 0 bridgehead atoms. The first kappa shape index (κ1) is 22.7. The summed E-state index contributed by atoms with van der Waals surface area (Å²) < 4.78 is 25.1. The van der Waals surface area contributed by atoms with E-state index in [2.05, 4.69) is 10.3 Å². The van der Waals surface area contributed by atoms with Crippen molar-refractivity contribution in [3.8, 4) is 22.6 Å². The van der Waals surface area contributed by atoms with Crippen molar-refractivity contribution in [2.45, 2.75) is 45.4 Å². The fourth-order valence-corrected chi connectivity index (χ4v) is 4.16. The molecule has 1 aromatic carbocycles. The average Bonchev–Trinajstić information content (AvgIpc) is 2.78. The predicted octanol–water partition coefficient (Wildman–Crippen LogP) is 5.02. The largest absolute Gasteiger partial charge is 0.497 e. The first-order chi connectivity index (χ1) is 14.9. The number of methoxy groups -OCH3 is 2. The molecule has 1 N–H and O–H groups in total. The number of benzene rings is 1. The third-order valence-corrected chi connectivity index (χ3v) is 5.86. The standard InChI is InChI=1S/C24H29FN2O4/c1-15(28)7-8-16-5-4-6-17(11-16)24(29)27-23-13-20(21(25)14-26-23)19-10-9-18(30-2)12-22(19)31-3/h9-10,12-14,16-17H,4-8,11H2,1-3H3,(H,26,27,29)/t16-,17-/m0/s1. The third-order valence-electron chi connectivity index (χ3n) is 5.86. The highest BCUT2D eigenvalue weighted by molar-refractivity contribution is 5.92. The van der Waals surface area contributed by atoms with Gasteiger partial charge in [0.2, 0.25) is 5.91 Å². The number of ketones is 1. The molecule has 166 valence electrons.